The summed E-state index contributed by atoms with van der Waals surface area (Å²) < 4.78 is 38.0. The molecule has 0 aliphatic rings. The van der Waals surface area contributed by atoms with Crippen molar-refractivity contribution in [2.75, 3.05) is 0 Å². The highest BCUT2D eigenvalue weighted by Crippen LogP contribution is 2.37. The van der Waals surface area contributed by atoms with Crippen LogP contribution in [0.3, 0.4) is 0 Å². The Hall–Kier alpha value is -3.00. The molecule has 1 rings (SSSR count). The van der Waals surface area contributed by atoms with Gasteiger partial charge in [0.2, 0.25) is 0 Å². The van der Waals surface area contributed by atoms with Crippen molar-refractivity contribution in [1.82, 2.24) is 0 Å². The number of hydrogen-bond acceptors (Lipinski definition) is 4. The molecule has 0 amide bonds. The predicted octanol–water partition coefficient (Wildman–Crippen LogP) is 3.82. The van der Waals surface area contributed by atoms with E-state index in [1.807, 2.05) is 0 Å². The largest absolute Gasteiger partial charge is 0.417 e. The lowest BCUT2D eigenvalue weighted by Gasteiger charge is -2.12. The summed E-state index contributed by atoms with van der Waals surface area (Å²) in [4.78, 5) is 0. The fourth-order valence-corrected chi connectivity index (χ4v) is 1.96. The quantitative estimate of drug-likeness (QED) is 0.774. The first-order chi connectivity index (χ1) is 10.3. The molecule has 1 aromatic carbocycles. The molecule has 0 heterocycles. The molecular weight excluding hydrogens is 317 g/mol. The molecule has 0 bridgehead atoms. The molecule has 0 fully saturated rings. The molecule has 4 nitrogen and oxygen atoms in total. The molecule has 0 aliphatic heterocycles. The van der Waals surface area contributed by atoms with Gasteiger partial charge < -0.3 is 0 Å². The zero-order valence-electron chi connectivity index (χ0n) is 10.6. The van der Waals surface area contributed by atoms with Crippen molar-refractivity contribution in [2.24, 2.45) is 5.92 Å². The molecule has 0 saturated heterocycles. The lowest BCUT2D eigenvalue weighted by molar-refractivity contribution is -0.137. The minimum absolute atomic E-state index is 0.0656. The number of hydrogen-bond donors (Lipinski definition) is 0. The monoisotopic (exact) mass is 320 g/mol. The second-order valence-corrected chi connectivity index (χ2v) is 4.30. The third-order valence-corrected chi connectivity index (χ3v) is 2.94. The summed E-state index contributed by atoms with van der Waals surface area (Å²) in [5.41, 5.74) is -1.98. The summed E-state index contributed by atoms with van der Waals surface area (Å²) in [5, 5.41) is 34.9. The smallest absolute Gasteiger partial charge is 0.196 e. The van der Waals surface area contributed by atoms with Crippen LogP contribution in [0.2, 0.25) is 5.02 Å². The summed E-state index contributed by atoms with van der Waals surface area (Å²) in [7, 11) is 0. The van der Waals surface area contributed by atoms with Gasteiger partial charge in [-0.3, -0.25) is 0 Å². The van der Waals surface area contributed by atoms with Gasteiger partial charge in [0.1, 0.15) is 17.7 Å². The van der Waals surface area contributed by atoms with Gasteiger partial charge in [-0.1, -0.05) is 17.7 Å². The SMILES string of the molecule is N#CC(C#N)=C(c1ccc(C(F)(F)F)c(Cl)c1)C(C#N)C#N. The van der Waals surface area contributed by atoms with E-state index < -0.39 is 28.3 Å². The third-order valence-electron chi connectivity index (χ3n) is 2.63. The van der Waals surface area contributed by atoms with Crippen LogP contribution in [0.25, 0.3) is 5.57 Å². The molecule has 0 saturated carbocycles. The van der Waals surface area contributed by atoms with Crippen molar-refractivity contribution < 1.29 is 13.2 Å². The van der Waals surface area contributed by atoms with E-state index in [2.05, 4.69) is 0 Å². The van der Waals surface area contributed by atoms with Crippen LogP contribution in [0.4, 0.5) is 13.2 Å². The van der Waals surface area contributed by atoms with Gasteiger partial charge >= 0.3 is 6.18 Å². The standard InChI is InChI=1S/C14H4ClF3N4/c15-12-3-8(1-2-11(12)14(16,17)18)13(9(4-19)5-20)10(6-21)7-22/h1-3,9H. The molecule has 0 radical (unpaired) electrons. The molecule has 0 N–H and O–H groups in total. The van der Waals surface area contributed by atoms with E-state index in [1.165, 1.54) is 12.1 Å². The van der Waals surface area contributed by atoms with Crippen LogP contribution in [-0.4, -0.2) is 0 Å². The molecule has 0 aliphatic carbocycles. The van der Waals surface area contributed by atoms with E-state index in [1.54, 1.807) is 12.1 Å². The fraction of sp³-hybridized carbons (Fsp3) is 0.143. The zero-order valence-corrected chi connectivity index (χ0v) is 11.4. The molecule has 22 heavy (non-hydrogen) atoms. The molecule has 8 heteroatoms. The Bertz CT molecular complexity index is 768. The van der Waals surface area contributed by atoms with Gasteiger partial charge in [-0.25, -0.2) is 0 Å². The van der Waals surface area contributed by atoms with Crippen LogP contribution in [0, 0.1) is 51.2 Å². The van der Waals surface area contributed by atoms with Crippen LogP contribution >= 0.6 is 11.6 Å². The summed E-state index contributed by atoms with van der Waals surface area (Å²) in [5.74, 6) is -1.48. The van der Waals surface area contributed by atoms with Crippen molar-refractivity contribution >= 4 is 17.2 Å². The summed E-state index contributed by atoms with van der Waals surface area (Å²) >= 11 is 5.57. The lowest BCUT2D eigenvalue weighted by Crippen LogP contribution is -2.07. The number of halogens is 4. The normalized spacial score (nSPS) is 10.0. The Labute approximate surface area is 128 Å². The first kappa shape index (κ1) is 17.1. The Morgan fingerprint density at radius 3 is 1.95 bits per heavy atom. The number of nitrogens with zero attached hydrogens (tertiary/aromatic N) is 4. The van der Waals surface area contributed by atoms with Gasteiger partial charge in [0.05, 0.1) is 22.7 Å². The van der Waals surface area contributed by atoms with Gasteiger partial charge in [-0.15, -0.1) is 0 Å². The predicted molar refractivity (Wildman–Crippen MR) is 69.3 cm³/mol. The number of alkyl halides is 3. The highest BCUT2D eigenvalue weighted by atomic mass is 35.5. The van der Waals surface area contributed by atoms with Gasteiger partial charge in [0.25, 0.3) is 0 Å². The maximum absolute atomic E-state index is 12.7. The molecule has 108 valence electrons. The van der Waals surface area contributed by atoms with Crippen LogP contribution in [0.15, 0.2) is 23.8 Å². The maximum Gasteiger partial charge on any atom is 0.417 e. The summed E-state index contributed by atoms with van der Waals surface area (Å²) in [6.45, 7) is 0. The topological polar surface area (TPSA) is 95.2 Å². The minimum Gasteiger partial charge on any atom is -0.196 e. The Balaban J connectivity index is 3.63. The van der Waals surface area contributed by atoms with Crippen molar-refractivity contribution in [3.63, 3.8) is 0 Å². The van der Waals surface area contributed by atoms with Crippen LogP contribution < -0.4 is 0 Å². The molecular formula is C14H4ClF3N4. The molecule has 1 aromatic rings. The molecule has 0 spiro atoms. The Morgan fingerprint density at radius 2 is 1.59 bits per heavy atom. The Kier molecular flexibility index (Phi) is 5.14. The molecule has 0 unspecified atom stereocenters. The lowest BCUT2D eigenvalue weighted by atomic mass is 9.90. The van der Waals surface area contributed by atoms with E-state index in [9.17, 15) is 13.2 Å². The number of rotatable bonds is 2. The molecule has 0 atom stereocenters. The summed E-state index contributed by atoms with van der Waals surface area (Å²) in [6, 6.07) is 8.68. The van der Waals surface area contributed by atoms with E-state index in [0.717, 1.165) is 12.1 Å². The number of nitriles is 4. The molecule has 0 aromatic heterocycles. The highest BCUT2D eigenvalue weighted by molar-refractivity contribution is 6.31. The van der Waals surface area contributed by atoms with E-state index in [-0.39, 0.29) is 11.1 Å². The summed E-state index contributed by atoms with van der Waals surface area (Å²) in [6.07, 6.45) is -4.67. The average molecular weight is 321 g/mol. The average Bonchev–Trinajstić information content (AvgIpc) is 2.46. The van der Waals surface area contributed by atoms with Crippen LogP contribution in [-0.2, 0) is 6.18 Å². The van der Waals surface area contributed by atoms with E-state index in [0.29, 0.717) is 6.07 Å². The van der Waals surface area contributed by atoms with Gasteiger partial charge in [0.15, 0.2) is 5.92 Å². The first-order valence-electron chi connectivity index (χ1n) is 5.50. The van der Waals surface area contributed by atoms with E-state index in [4.69, 9.17) is 32.6 Å². The van der Waals surface area contributed by atoms with Crippen LogP contribution in [0.5, 0.6) is 0 Å². The van der Waals surface area contributed by atoms with Gasteiger partial charge in [-0.05, 0) is 17.7 Å². The second-order valence-electron chi connectivity index (χ2n) is 3.90. The number of allylic oxidation sites excluding steroid dienone is 2. The minimum atomic E-state index is -4.67. The first-order valence-corrected chi connectivity index (χ1v) is 5.88. The second kappa shape index (κ2) is 6.64. The van der Waals surface area contributed by atoms with Crippen molar-refractivity contribution in [3.05, 3.63) is 39.9 Å². The van der Waals surface area contributed by atoms with Crippen molar-refractivity contribution in [2.45, 2.75) is 6.18 Å². The van der Waals surface area contributed by atoms with Gasteiger partial charge in [0, 0.05) is 5.57 Å². The maximum atomic E-state index is 12.7. The number of benzene rings is 1. The van der Waals surface area contributed by atoms with Crippen molar-refractivity contribution in [1.29, 1.82) is 21.0 Å². The highest BCUT2D eigenvalue weighted by Gasteiger charge is 2.33. The van der Waals surface area contributed by atoms with E-state index >= 15 is 0 Å². The van der Waals surface area contributed by atoms with Crippen LogP contribution in [0.1, 0.15) is 11.1 Å². The Morgan fingerprint density at radius 1 is 1.05 bits per heavy atom. The fourth-order valence-electron chi connectivity index (χ4n) is 1.67. The third kappa shape index (κ3) is 3.36. The van der Waals surface area contributed by atoms with Gasteiger partial charge in [-0.2, -0.15) is 34.2 Å². The van der Waals surface area contributed by atoms with Crippen molar-refractivity contribution in [3.8, 4) is 24.3 Å². The zero-order chi connectivity index (χ0) is 16.9.